The third kappa shape index (κ3) is 7.73. The summed E-state index contributed by atoms with van der Waals surface area (Å²) in [6, 6.07) is -0.694. The minimum atomic E-state index is -0.694. The first-order valence-electron chi connectivity index (χ1n) is 6.43. The predicted octanol–water partition coefficient (Wildman–Crippen LogP) is -0.205. The van der Waals surface area contributed by atoms with Crippen molar-refractivity contribution in [2.75, 3.05) is 34.4 Å². The Labute approximate surface area is 119 Å². The van der Waals surface area contributed by atoms with Crippen LogP contribution in [0.1, 0.15) is 20.3 Å². The number of hydrogen-bond acceptors (Lipinski definition) is 5. The molecule has 0 bridgehead atoms. The van der Waals surface area contributed by atoms with Crippen molar-refractivity contribution in [3.8, 4) is 0 Å². The summed E-state index contributed by atoms with van der Waals surface area (Å²) in [6.45, 7) is 3.43. The molecule has 0 rings (SSSR count). The van der Waals surface area contributed by atoms with Crippen LogP contribution in [-0.2, 0) is 23.9 Å². The smallest absolute Gasteiger partial charge is 0.328 e. The Bertz CT molecular complexity index is 342. The number of amides is 2. The van der Waals surface area contributed by atoms with Crippen molar-refractivity contribution in [1.82, 2.24) is 10.2 Å². The highest BCUT2D eigenvalue weighted by molar-refractivity contribution is 5.85. The van der Waals surface area contributed by atoms with Crippen LogP contribution in [0.3, 0.4) is 0 Å². The Morgan fingerprint density at radius 2 is 1.75 bits per heavy atom. The van der Waals surface area contributed by atoms with E-state index in [1.54, 1.807) is 14.1 Å². The molecule has 1 N–H and O–H groups in total. The van der Waals surface area contributed by atoms with Gasteiger partial charge in [-0.05, 0) is 12.3 Å². The molecule has 7 nitrogen and oxygen atoms in total. The highest BCUT2D eigenvalue weighted by atomic mass is 16.5. The van der Waals surface area contributed by atoms with Crippen molar-refractivity contribution in [3.63, 3.8) is 0 Å². The molecular weight excluding hydrogens is 264 g/mol. The lowest BCUT2D eigenvalue weighted by Crippen LogP contribution is -2.44. The molecule has 116 valence electrons. The zero-order valence-electron chi connectivity index (χ0n) is 12.8. The minimum Gasteiger partial charge on any atom is -0.467 e. The lowest BCUT2D eigenvalue weighted by molar-refractivity contribution is -0.146. The Hall–Kier alpha value is -1.63. The zero-order valence-corrected chi connectivity index (χ0v) is 12.8. The van der Waals surface area contributed by atoms with Gasteiger partial charge in [-0.3, -0.25) is 9.59 Å². The molecule has 0 saturated heterocycles. The molecule has 0 saturated carbocycles. The van der Waals surface area contributed by atoms with E-state index in [4.69, 9.17) is 4.74 Å². The van der Waals surface area contributed by atoms with Crippen LogP contribution >= 0.6 is 0 Å². The van der Waals surface area contributed by atoms with Gasteiger partial charge in [0.05, 0.1) is 7.11 Å². The van der Waals surface area contributed by atoms with Gasteiger partial charge in [0, 0.05) is 14.1 Å². The molecule has 0 spiro atoms. The highest BCUT2D eigenvalue weighted by Crippen LogP contribution is 2.06. The van der Waals surface area contributed by atoms with Gasteiger partial charge in [0.25, 0.3) is 0 Å². The van der Waals surface area contributed by atoms with Crippen molar-refractivity contribution < 1.29 is 23.9 Å². The van der Waals surface area contributed by atoms with Crippen LogP contribution in [0.25, 0.3) is 0 Å². The average Bonchev–Trinajstić information content (AvgIpc) is 2.36. The molecule has 20 heavy (non-hydrogen) atoms. The third-order valence-electron chi connectivity index (χ3n) is 2.49. The Balaban J connectivity index is 4.19. The van der Waals surface area contributed by atoms with Crippen molar-refractivity contribution in [2.45, 2.75) is 26.3 Å². The van der Waals surface area contributed by atoms with Crippen molar-refractivity contribution in [1.29, 1.82) is 0 Å². The molecule has 0 aromatic carbocycles. The van der Waals surface area contributed by atoms with Crippen molar-refractivity contribution in [2.24, 2.45) is 5.92 Å². The van der Waals surface area contributed by atoms with E-state index in [0.29, 0.717) is 6.42 Å². The number of hydrogen-bond donors (Lipinski definition) is 1. The molecule has 0 aliphatic heterocycles. The van der Waals surface area contributed by atoms with Gasteiger partial charge < -0.3 is 19.7 Å². The topological polar surface area (TPSA) is 84.9 Å². The number of esters is 1. The summed E-state index contributed by atoms with van der Waals surface area (Å²) in [5.41, 5.74) is 0. The minimum absolute atomic E-state index is 0.173. The quantitative estimate of drug-likeness (QED) is 0.625. The van der Waals surface area contributed by atoms with Crippen LogP contribution in [0.2, 0.25) is 0 Å². The fraction of sp³-hybridized carbons (Fsp3) is 0.769. The SMILES string of the molecule is COC(=O)C(CC(C)C)NC(=O)COCC(=O)N(C)C. The number of carbonyl (C=O) groups is 3. The number of nitrogens with zero attached hydrogens (tertiary/aromatic N) is 1. The Kier molecular flexibility index (Phi) is 8.54. The Morgan fingerprint density at radius 3 is 2.20 bits per heavy atom. The van der Waals surface area contributed by atoms with Crippen LogP contribution < -0.4 is 5.32 Å². The molecule has 0 aliphatic rings. The maximum absolute atomic E-state index is 11.6. The number of carbonyl (C=O) groups excluding carboxylic acids is 3. The number of ether oxygens (including phenoxy) is 2. The molecule has 0 heterocycles. The summed E-state index contributed by atoms with van der Waals surface area (Å²) in [6.07, 6.45) is 0.481. The van der Waals surface area contributed by atoms with Gasteiger partial charge in [0.2, 0.25) is 11.8 Å². The summed E-state index contributed by atoms with van der Waals surface area (Å²) in [5.74, 6) is -0.941. The maximum Gasteiger partial charge on any atom is 0.328 e. The largest absolute Gasteiger partial charge is 0.467 e. The summed E-state index contributed by atoms with van der Waals surface area (Å²) in [7, 11) is 4.47. The third-order valence-corrected chi connectivity index (χ3v) is 2.49. The molecular formula is C13H24N2O5. The van der Waals surface area contributed by atoms with Crippen LogP contribution in [0.5, 0.6) is 0 Å². The summed E-state index contributed by atoms with van der Waals surface area (Å²) >= 11 is 0. The standard InChI is InChI=1S/C13H24N2O5/c1-9(2)6-10(13(18)19-5)14-11(16)7-20-8-12(17)15(3)4/h9-10H,6-8H2,1-5H3,(H,14,16). The Morgan fingerprint density at radius 1 is 1.15 bits per heavy atom. The van der Waals surface area contributed by atoms with Crippen LogP contribution in [0.4, 0.5) is 0 Å². The highest BCUT2D eigenvalue weighted by Gasteiger charge is 2.22. The van der Waals surface area contributed by atoms with Gasteiger partial charge in [-0.25, -0.2) is 4.79 Å². The fourth-order valence-electron chi connectivity index (χ4n) is 1.42. The van der Waals surface area contributed by atoms with E-state index < -0.39 is 17.9 Å². The summed E-state index contributed by atoms with van der Waals surface area (Å²) < 4.78 is 9.62. The van der Waals surface area contributed by atoms with Crippen LogP contribution in [-0.4, -0.2) is 63.1 Å². The van der Waals surface area contributed by atoms with E-state index in [-0.39, 0.29) is 25.0 Å². The molecule has 0 aromatic rings. The number of nitrogens with one attached hydrogen (secondary N) is 1. The van der Waals surface area contributed by atoms with E-state index in [2.05, 4.69) is 10.1 Å². The van der Waals surface area contributed by atoms with Gasteiger partial charge in [0.15, 0.2) is 0 Å². The van der Waals surface area contributed by atoms with E-state index >= 15 is 0 Å². The molecule has 0 fully saturated rings. The van der Waals surface area contributed by atoms with Crippen molar-refractivity contribution >= 4 is 17.8 Å². The van der Waals surface area contributed by atoms with E-state index in [0.717, 1.165) is 0 Å². The fourth-order valence-corrected chi connectivity index (χ4v) is 1.42. The molecule has 0 aromatic heterocycles. The lowest BCUT2D eigenvalue weighted by Gasteiger charge is -2.18. The second-order valence-corrected chi connectivity index (χ2v) is 5.05. The van der Waals surface area contributed by atoms with Gasteiger partial charge >= 0.3 is 5.97 Å². The van der Waals surface area contributed by atoms with Gasteiger partial charge in [-0.2, -0.15) is 0 Å². The molecule has 1 unspecified atom stereocenters. The molecule has 0 aliphatic carbocycles. The molecule has 1 atom stereocenters. The average molecular weight is 288 g/mol. The zero-order chi connectivity index (χ0) is 15.7. The van der Waals surface area contributed by atoms with Gasteiger partial charge in [-0.1, -0.05) is 13.8 Å². The van der Waals surface area contributed by atoms with E-state index in [1.165, 1.54) is 12.0 Å². The predicted molar refractivity (Wildman–Crippen MR) is 72.9 cm³/mol. The molecule has 2 amide bonds. The van der Waals surface area contributed by atoms with E-state index in [9.17, 15) is 14.4 Å². The summed E-state index contributed by atoms with van der Waals surface area (Å²) in [4.78, 5) is 35.8. The van der Waals surface area contributed by atoms with Crippen LogP contribution in [0.15, 0.2) is 0 Å². The first kappa shape index (κ1) is 18.4. The van der Waals surface area contributed by atoms with Gasteiger partial charge in [0.1, 0.15) is 19.3 Å². The lowest BCUT2D eigenvalue weighted by atomic mass is 10.0. The number of methoxy groups -OCH3 is 1. The van der Waals surface area contributed by atoms with Gasteiger partial charge in [-0.15, -0.1) is 0 Å². The second-order valence-electron chi connectivity index (χ2n) is 5.05. The monoisotopic (exact) mass is 288 g/mol. The van der Waals surface area contributed by atoms with Crippen LogP contribution in [0, 0.1) is 5.92 Å². The summed E-state index contributed by atoms with van der Waals surface area (Å²) in [5, 5.41) is 2.54. The molecule has 0 radical (unpaired) electrons. The second kappa shape index (κ2) is 9.30. The number of rotatable bonds is 8. The normalized spacial score (nSPS) is 11.9. The number of likely N-dealkylation sites (N-methyl/N-ethyl adjacent to an activating group) is 1. The first-order valence-corrected chi connectivity index (χ1v) is 6.43. The van der Waals surface area contributed by atoms with Crippen molar-refractivity contribution in [3.05, 3.63) is 0 Å². The van der Waals surface area contributed by atoms with E-state index in [1.807, 2.05) is 13.8 Å². The maximum atomic E-state index is 11.6. The first-order chi connectivity index (χ1) is 9.27. The molecule has 7 heteroatoms.